The van der Waals surface area contributed by atoms with Crippen LogP contribution >= 0.6 is 11.8 Å². The van der Waals surface area contributed by atoms with Crippen molar-refractivity contribution < 1.29 is 43.8 Å². The summed E-state index contributed by atoms with van der Waals surface area (Å²) in [5.74, 6) is -7.43. The standard InChI is InChI=1S/C24H19N3O10S/c28-19(16(22(30)31)13-4-2-1-3-5-13)25-17-20(29)26-18(23(32)33)15(11-38-21(17)26)24(34)37-10-12-6-8-14(9-7-12)27(35)36/h1-9,16-17,21H,10-11H2,(H,25,28)(H,30,31)(H,32,33)/t16?,17?,21-/m1/s1. The molecule has 2 aromatic rings. The van der Waals surface area contributed by atoms with Crippen LogP contribution in [0.15, 0.2) is 65.9 Å². The van der Waals surface area contributed by atoms with Crippen LogP contribution in [0.1, 0.15) is 17.0 Å². The zero-order valence-corrected chi connectivity index (χ0v) is 20.1. The number of hydrogen-bond donors (Lipinski definition) is 3. The molecule has 0 spiro atoms. The van der Waals surface area contributed by atoms with Gasteiger partial charge in [0.25, 0.3) is 11.6 Å². The first-order valence-corrected chi connectivity index (χ1v) is 12.0. The summed E-state index contributed by atoms with van der Waals surface area (Å²) in [5.41, 5.74) is -0.372. The summed E-state index contributed by atoms with van der Waals surface area (Å²) in [6, 6.07) is 11.7. The molecule has 38 heavy (non-hydrogen) atoms. The molecule has 2 amide bonds. The van der Waals surface area contributed by atoms with Crippen molar-refractivity contribution in [2.45, 2.75) is 23.9 Å². The summed E-state index contributed by atoms with van der Waals surface area (Å²) >= 11 is 1.01. The van der Waals surface area contributed by atoms with Gasteiger partial charge >= 0.3 is 17.9 Å². The number of benzene rings is 2. The SMILES string of the molecule is O=C(O)C1=C(C(=O)OCc2ccc([N+](=O)[O-])cc2)CS[C@@H]2C(NC(=O)C(C(=O)O)c3ccccc3)C(=O)N12. The number of hydrogen-bond acceptors (Lipinski definition) is 9. The lowest BCUT2D eigenvalue weighted by Gasteiger charge is -2.49. The lowest BCUT2D eigenvalue weighted by atomic mass is 9.96. The number of nitro benzene ring substituents is 1. The minimum Gasteiger partial charge on any atom is -0.480 e. The van der Waals surface area contributed by atoms with Crippen LogP contribution in [0.25, 0.3) is 0 Å². The van der Waals surface area contributed by atoms with Crippen LogP contribution in [0.5, 0.6) is 0 Å². The van der Waals surface area contributed by atoms with Crippen LogP contribution in [0.2, 0.25) is 0 Å². The van der Waals surface area contributed by atoms with Gasteiger partial charge in [-0.05, 0) is 23.3 Å². The zero-order chi connectivity index (χ0) is 27.6. The number of thioether (sulfide) groups is 1. The Labute approximate surface area is 218 Å². The normalized spacial score (nSPS) is 19.1. The van der Waals surface area contributed by atoms with Gasteiger partial charge in [-0.2, -0.15) is 0 Å². The van der Waals surface area contributed by atoms with Crippen molar-refractivity contribution in [3.8, 4) is 0 Å². The number of ether oxygens (including phenoxy) is 1. The van der Waals surface area contributed by atoms with Gasteiger partial charge in [-0.3, -0.25) is 29.4 Å². The predicted molar refractivity (Wildman–Crippen MR) is 129 cm³/mol. The Morgan fingerprint density at radius 1 is 1.11 bits per heavy atom. The van der Waals surface area contributed by atoms with Gasteiger partial charge in [-0.15, -0.1) is 11.8 Å². The average Bonchev–Trinajstić information content (AvgIpc) is 2.90. The van der Waals surface area contributed by atoms with E-state index in [0.29, 0.717) is 5.56 Å². The Balaban J connectivity index is 1.47. The molecular formula is C24H19N3O10S. The third-order valence-electron chi connectivity index (χ3n) is 5.87. The number of nitrogens with zero attached hydrogens (tertiary/aromatic N) is 2. The number of esters is 1. The molecule has 2 aliphatic rings. The third-order valence-corrected chi connectivity index (χ3v) is 7.15. The van der Waals surface area contributed by atoms with Crippen LogP contribution in [0.4, 0.5) is 5.69 Å². The second-order valence-corrected chi connectivity index (χ2v) is 9.31. The van der Waals surface area contributed by atoms with Crippen LogP contribution in [-0.4, -0.2) is 66.9 Å². The lowest BCUT2D eigenvalue weighted by molar-refractivity contribution is -0.384. The molecule has 0 bridgehead atoms. The van der Waals surface area contributed by atoms with E-state index in [9.17, 15) is 44.3 Å². The zero-order valence-electron chi connectivity index (χ0n) is 19.3. The second kappa shape index (κ2) is 10.7. The number of amides is 2. The molecular weight excluding hydrogens is 522 g/mol. The maximum atomic E-state index is 12.9. The molecule has 1 fully saturated rings. The molecule has 4 rings (SSSR count). The third kappa shape index (κ3) is 5.06. The van der Waals surface area contributed by atoms with Gasteiger partial charge in [0.1, 0.15) is 23.7 Å². The Kier molecular flexibility index (Phi) is 7.43. The first-order valence-electron chi connectivity index (χ1n) is 11.0. The topological polar surface area (TPSA) is 193 Å². The van der Waals surface area contributed by atoms with Gasteiger partial charge in [0.05, 0.1) is 10.5 Å². The predicted octanol–water partition coefficient (Wildman–Crippen LogP) is 1.24. The lowest BCUT2D eigenvalue weighted by Crippen LogP contribution is -2.71. The Morgan fingerprint density at radius 3 is 2.34 bits per heavy atom. The van der Waals surface area contributed by atoms with Gasteiger partial charge in [-0.25, -0.2) is 9.59 Å². The van der Waals surface area contributed by atoms with Crippen molar-refractivity contribution in [2.75, 3.05) is 5.75 Å². The number of carboxylic acid groups (broad SMARTS) is 2. The van der Waals surface area contributed by atoms with Crippen molar-refractivity contribution in [2.24, 2.45) is 0 Å². The molecule has 1 saturated heterocycles. The van der Waals surface area contributed by atoms with E-state index in [-0.39, 0.29) is 29.2 Å². The molecule has 2 heterocycles. The minimum atomic E-state index is -1.58. The number of fused-ring (bicyclic) bond motifs is 1. The molecule has 0 radical (unpaired) electrons. The fraction of sp³-hybridized carbons (Fsp3) is 0.208. The highest BCUT2D eigenvalue weighted by Crippen LogP contribution is 2.41. The molecule has 0 aliphatic carbocycles. The largest absolute Gasteiger partial charge is 0.480 e. The molecule has 0 saturated carbocycles. The monoisotopic (exact) mass is 541 g/mol. The highest BCUT2D eigenvalue weighted by atomic mass is 32.2. The van der Waals surface area contributed by atoms with Crippen molar-refractivity contribution in [1.82, 2.24) is 10.2 Å². The van der Waals surface area contributed by atoms with Crippen molar-refractivity contribution in [1.29, 1.82) is 0 Å². The van der Waals surface area contributed by atoms with Gasteiger partial charge in [0, 0.05) is 17.9 Å². The maximum absolute atomic E-state index is 12.9. The first-order chi connectivity index (χ1) is 18.1. The summed E-state index contributed by atoms with van der Waals surface area (Å²) in [5, 5.41) is 31.6. The highest BCUT2D eigenvalue weighted by molar-refractivity contribution is 8.00. The van der Waals surface area contributed by atoms with E-state index in [1.54, 1.807) is 18.2 Å². The summed E-state index contributed by atoms with van der Waals surface area (Å²) < 4.78 is 5.17. The Morgan fingerprint density at radius 2 is 1.76 bits per heavy atom. The molecule has 3 atom stereocenters. The van der Waals surface area contributed by atoms with Crippen LogP contribution < -0.4 is 5.32 Å². The van der Waals surface area contributed by atoms with Crippen LogP contribution in [0.3, 0.4) is 0 Å². The van der Waals surface area contributed by atoms with E-state index in [2.05, 4.69) is 5.32 Å². The van der Waals surface area contributed by atoms with Gasteiger partial charge in [0.15, 0.2) is 5.92 Å². The minimum absolute atomic E-state index is 0.150. The molecule has 13 nitrogen and oxygen atoms in total. The molecule has 3 N–H and O–H groups in total. The molecule has 0 aromatic heterocycles. The number of non-ortho nitro benzene ring substituents is 1. The number of nitrogens with one attached hydrogen (secondary N) is 1. The number of rotatable bonds is 9. The van der Waals surface area contributed by atoms with Crippen molar-refractivity contribution in [3.63, 3.8) is 0 Å². The van der Waals surface area contributed by atoms with Crippen LogP contribution in [0, 0.1) is 10.1 Å². The van der Waals surface area contributed by atoms with Gasteiger partial charge in [0.2, 0.25) is 5.91 Å². The highest BCUT2D eigenvalue weighted by Gasteiger charge is 2.55. The number of aliphatic carboxylic acids is 2. The van der Waals surface area contributed by atoms with Gasteiger partial charge < -0.3 is 20.3 Å². The number of carboxylic acids is 2. The van der Waals surface area contributed by atoms with E-state index >= 15 is 0 Å². The van der Waals surface area contributed by atoms with E-state index in [1.807, 2.05) is 0 Å². The van der Waals surface area contributed by atoms with Crippen molar-refractivity contribution in [3.05, 3.63) is 87.1 Å². The number of nitro groups is 1. The second-order valence-electron chi connectivity index (χ2n) is 8.21. The fourth-order valence-electron chi connectivity index (χ4n) is 4.01. The Hall–Kier alpha value is -4.72. The summed E-state index contributed by atoms with van der Waals surface area (Å²) in [7, 11) is 0. The number of β-lactam (4-membered cyclic amide) rings is 1. The molecule has 14 heteroatoms. The number of carbonyl (C=O) groups excluding carboxylic acids is 3. The fourth-order valence-corrected chi connectivity index (χ4v) is 5.34. The molecule has 2 unspecified atom stereocenters. The first kappa shape index (κ1) is 26.3. The van der Waals surface area contributed by atoms with Gasteiger partial charge in [-0.1, -0.05) is 30.3 Å². The average molecular weight is 541 g/mol. The Bertz CT molecular complexity index is 1360. The van der Waals surface area contributed by atoms with E-state index in [4.69, 9.17) is 4.74 Å². The van der Waals surface area contributed by atoms with E-state index in [0.717, 1.165) is 16.7 Å². The molecule has 196 valence electrons. The quantitative estimate of drug-likeness (QED) is 0.136. The smallest absolute Gasteiger partial charge is 0.353 e. The van der Waals surface area contributed by atoms with E-state index in [1.165, 1.54) is 36.4 Å². The summed E-state index contributed by atoms with van der Waals surface area (Å²) in [6.45, 7) is -0.288. The maximum Gasteiger partial charge on any atom is 0.353 e. The molecule has 2 aliphatic heterocycles. The van der Waals surface area contributed by atoms with Crippen molar-refractivity contribution >= 4 is 47.2 Å². The number of carbonyl (C=O) groups is 5. The summed E-state index contributed by atoms with van der Waals surface area (Å²) in [4.78, 5) is 73.1. The molecule has 2 aromatic carbocycles. The summed E-state index contributed by atoms with van der Waals surface area (Å²) in [6.07, 6.45) is 0. The van der Waals surface area contributed by atoms with Crippen LogP contribution in [-0.2, 0) is 35.3 Å². The van der Waals surface area contributed by atoms with E-state index < -0.39 is 57.7 Å².